The Balaban J connectivity index is 1.83. The summed E-state index contributed by atoms with van der Waals surface area (Å²) >= 11 is 0. The van der Waals surface area contributed by atoms with Crippen LogP contribution < -0.4 is 5.32 Å². The van der Waals surface area contributed by atoms with Crippen LogP contribution in [0.3, 0.4) is 0 Å². The molecule has 6 nitrogen and oxygen atoms in total. The Bertz CT molecular complexity index is 607. The minimum absolute atomic E-state index is 0.148. The van der Waals surface area contributed by atoms with Crippen molar-refractivity contribution in [2.45, 2.75) is 58.2 Å². The molecule has 6 heteroatoms. The molecule has 0 saturated carbocycles. The molecule has 0 aromatic heterocycles. The fourth-order valence-corrected chi connectivity index (χ4v) is 3.20. The first-order chi connectivity index (χ1) is 11.9. The third kappa shape index (κ3) is 5.05. The molecule has 0 unspecified atom stereocenters. The van der Waals surface area contributed by atoms with Crippen molar-refractivity contribution >= 4 is 17.8 Å². The van der Waals surface area contributed by atoms with Gasteiger partial charge in [0.25, 0.3) is 11.8 Å². The number of likely N-dealkylation sites (tertiary alicyclic amines) is 1. The summed E-state index contributed by atoms with van der Waals surface area (Å²) in [5.41, 5.74) is 0.468. The zero-order valence-corrected chi connectivity index (χ0v) is 15.0. The number of esters is 1. The molecule has 0 aliphatic carbocycles. The van der Waals surface area contributed by atoms with Crippen LogP contribution in [0, 0.1) is 0 Å². The van der Waals surface area contributed by atoms with E-state index in [9.17, 15) is 14.4 Å². The molecule has 25 heavy (non-hydrogen) atoms. The first-order valence-electron chi connectivity index (χ1n) is 8.75. The summed E-state index contributed by atoms with van der Waals surface area (Å²) in [6, 6.07) is 8.91. The van der Waals surface area contributed by atoms with Gasteiger partial charge in [0.15, 0.2) is 6.10 Å². The molecule has 136 valence electrons. The van der Waals surface area contributed by atoms with Gasteiger partial charge in [-0.2, -0.15) is 0 Å². The molecule has 3 atom stereocenters. The molecule has 1 saturated heterocycles. The number of benzene rings is 1. The summed E-state index contributed by atoms with van der Waals surface area (Å²) in [5.74, 6) is -1.15. The predicted molar refractivity (Wildman–Crippen MR) is 94.0 cm³/mol. The van der Waals surface area contributed by atoms with Crippen LogP contribution in [0.15, 0.2) is 30.3 Å². The SMILES string of the molecule is C[C@@H]1CCC[C@H](C)N1C(=O)[C@@H](C)OC(=O)CNC(=O)c1ccccc1. The number of nitrogens with zero attached hydrogens (tertiary/aromatic N) is 1. The normalized spacial score (nSPS) is 21.3. The van der Waals surface area contributed by atoms with Gasteiger partial charge in [-0.1, -0.05) is 18.2 Å². The van der Waals surface area contributed by atoms with E-state index < -0.39 is 12.1 Å². The summed E-state index contributed by atoms with van der Waals surface area (Å²) < 4.78 is 5.20. The summed E-state index contributed by atoms with van der Waals surface area (Å²) in [6.07, 6.45) is 2.17. The monoisotopic (exact) mass is 346 g/mol. The van der Waals surface area contributed by atoms with Gasteiger partial charge < -0.3 is 15.0 Å². The van der Waals surface area contributed by atoms with Crippen LogP contribution >= 0.6 is 0 Å². The van der Waals surface area contributed by atoms with Crippen LogP contribution in [0.2, 0.25) is 0 Å². The number of carbonyl (C=O) groups is 3. The zero-order chi connectivity index (χ0) is 18.4. The lowest BCUT2D eigenvalue weighted by atomic mass is 9.97. The number of nitrogens with one attached hydrogen (secondary N) is 1. The van der Waals surface area contributed by atoms with Crippen molar-refractivity contribution in [3.63, 3.8) is 0 Å². The van der Waals surface area contributed by atoms with E-state index in [0.29, 0.717) is 5.56 Å². The number of ether oxygens (including phenoxy) is 1. The van der Waals surface area contributed by atoms with Gasteiger partial charge in [0.05, 0.1) is 0 Å². The zero-order valence-electron chi connectivity index (χ0n) is 15.0. The average molecular weight is 346 g/mol. The maximum Gasteiger partial charge on any atom is 0.326 e. The number of hydrogen-bond donors (Lipinski definition) is 1. The Morgan fingerprint density at radius 2 is 1.76 bits per heavy atom. The van der Waals surface area contributed by atoms with Crippen molar-refractivity contribution in [2.75, 3.05) is 6.54 Å². The Morgan fingerprint density at radius 1 is 1.16 bits per heavy atom. The Labute approximate surface area is 148 Å². The second-order valence-corrected chi connectivity index (χ2v) is 6.56. The van der Waals surface area contributed by atoms with Gasteiger partial charge in [-0.05, 0) is 52.2 Å². The predicted octanol–water partition coefficient (Wildman–Crippen LogP) is 2.14. The second kappa shape index (κ2) is 8.65. The third-order valence-corrected chi connectivity index (χ3v) is 4.53. The summed E-state index contributed by atoms with van der Waals surface area (Å²) in [4.78, 5) is 38.2. The highest BCUT2D eigenvalue weighted by Crippen LogP contribution is 2.23. The highest BCUT2D eigenvalue weighted by Gasteiger charge is 2.33. The molecule has 1 fully saturated rings. The minimum atomic E-state index is -0.857. The van der Waals surface area contributed by atoms with Gasteiger partial charge in [-0.15, -0.1) is 0 Å². The molecule has 2 amide bonds. The van der Waals surface area contributed by atoms with Gasteiger partial charge in [0.1, 0.15) is 6.54 Å². The van der Waals surface area contributed by atoms with Gasteiger partial charge in [-0.3, -0.25) is 14.4 Å². The van der Waals surface area contributed by atoms with Gasteiger partial charge in [0, 0.05) is 17.6 Å². The van der Waals surface area contributed by atoms with Gasteiger partial charge >= 0.3 is 5.97 Å². The van der Waals surface area contributed by atoms with Crippen LogP contribution in [-0.4, -0.2) is 47.4 Å². The molecule has 1 aromatic rings. The fourth-order valence-electron chi connectivity index (χ4n) is 3.20. The average Bonchev–Trinajstić information content (AvgIpc) is 2.60. The van der Waals surface area contributed by atoms with E-state index in [2.05, 4.69) is 5.32 Å². The number of carbonyl (C=O) groups excluding carboxylic acids is 3. The number of rotatable bonds is 5. The van der Waals surface area contributed by atoms with Crippen molar-refractivity contribution in [3.05, 3.63) is 35.9 Å². The number of hydrogen-bond acceptors (Lipinski definition) is 4. The number of piperidine rings is 1. The first-order valence-corrected chi connectivity index (χ1v) is 8.75. The standard InChI is InChI=1S/C19H26N2O4/c1-13-8-7-9-14(2)21(13)19(24)15(3)25-17(22)12-20-18(23)16-10-5-4-6-11-16/h4-6,10-11,13-15H,7-9,12H2,1-3H3,(H,20,23)/t13-,14+,15-/m1/s1. The maximum absolute atomic E-state index is 12.6. The molecule has 1 aliphatic rings. The molecule has 1 heterocycles. The van der Waals surface area contributed by atoms with E-state index >= 15 is 0 Å². The highest BCUT2D eigenvalue weighted by molar-refractivity contribution is 5.96. The van der Waals surface area contributed by atoms with Crippen molar-refractivity contribution in [1.82, 2.24) is 10.2 Å². The summed E-state index contributed by atoms with van der Waals surface area (Å²) in [5, 5.41) is 2.50. The lowest BCUT2D eigenvalue weighted by molar-refractivity contribution is -0.161. The fraction of sp³-hybridized carbons (Fsp3) is 0.526. The second-order valence-electron chi connectivity index (χ2n) is 6.56. The van der Waals surface area contributed by atoms with E-state index in [0.717, 1.165) is 19.3 Å². The van der Waals surface area contributed by atoms with Crippen LogP contribution in [-0.2, 0) is 14.3 Å². The highest BCUT2D eigenvalue weighted by atomic mass is 16.5. The van der Waals surface area contributed by atoms with Crippen molar-refractivity contribution < 1.29 is 19.1 Å². The largest absolute Gasteiger partial charge is 0.451 e. The van der Waals surface area contributed by atoms with Crippen LogP contribution in [0.25, 0.3) is 0 Å². The van der Waals surface area contributed by atoms with Gasteiger partial charge in [-0.25, -0.2) is 0 Å². The van der Waals surface area contributed by atoms with Crippen LogP contribution in [0.4, 0.5) is 0 Å². The molecule has 1 N–H and O–H groups in total. The van der Waals surface area contributed by atoms with E-state index in [1.165, 1.54) is 0 Å². The van der Waals surface area contributed by atoms with Crippen LogP contribution in [0.5, 0.6) is 0 Å². The minimum Gasteiger partial charge on any atom is -0.451 e. The molecule has 0 spiro atoms. The third-order valence-electron chi connectivity index (χ3n) is 4.53. The Kier molecular flexibility index (Phi) is 6.56. The molecule has 2 rings (SSSR count). The topological polar surface area (TPSA) is 75.7 Å². The van der Waals surface area contributed by atoms with E-state index in [4.69, 9.17) is 4.74 Å². The Morgan fingerprint density at radius 3 is 2.36 bits per heavy atom. The molecule has 0 bridgehead atoms. The lowest BCUT2D eigenvalue weighted by Gasteiger charge is -2.40. The van der Waals surface area contributed by atoms with Crippen molar-refractivity contribution in [2.24, 2.45) is 0 Å². The molecule has 1 aromatic carbocycles. The molecule has 1 aliphatic heterocycles. The van der Waals surface area contributed by atoms with E-state index in [-0.39, 0.29) is 30.4 Å². The van der Waals surface area contributed by atoms with E-state index in [1.807, 2.05) is 18.7 Å². The van der Waals surface area contributed by atoms with Crippen molar-refractivity contribution in [1.29, 1.82) is 0 Å². The quantitative estimate of drug-likeness (QED) is 0.829. The maximum atomic E-state index is 12.6. The smallest absolute Gasteiger partial charge is 0.326 e. The van der Waals surface area contributed by atoms with E-state index in [1.54, 1.807) is 37.3 Å². The number of amides is 2. The molecule has 0 radical (unpaired) electrons. The lowest BCUT2D eigenvalue weighted by Crippen LogP contribution is -2.51. The van der Waals surface area contributed by atoms with Crippen LogP contribution in [0.1, 0.15) is 50.4 Å². The van der Waals surface area contributed by atoms with Crippen molar-refractivity contribution in [3.8, 4) is 0 Å². The Hall–Kier alpha value is -2.37. The summed E-state index contributed by atoms with van der Waals surface area (Å²) in [7, 11) is 0. The molecular formula is C19H26N2O4. The first kappa shape index (κ1) is 19.0. The molecular weight excluding hydrogens is 320 g/mol. The van der Waals surface area contributed by atoms with Gasteiger partial charge in [0.2, 0.25) is 0 Å². The summed E-state index contributed by atoms with van der Waals surface area (Å²) in [6.45, 7) is 5.34.